The molecule has 0 amide bonds. The Morgan fingerprint density at radius 3 is 2.89 bits per heavy atom. The van der Waals surface area contributed by atoms with E-state index in [-0.39, 0.29) is 10.7 Å². The minimum Gasteiger partial charge on any atom is -0.380 e. The molecule has 5 nitrogen and oxygen atoms in total. The maximum absolute atomic E-state index is 10.8. The van der Waals surface area contributed by atoms with E-state index < -0.39 is 0 Å². The lowest BCUT2D eigenvalue weighted by Gasteiger charge is -2.09. The van der Waals surface area contributed by atoms with E-state index in [1.807, 2.05) is 0 Å². The lowest BCUT2D eigenvalue weighted by atomic mass is 10.1. The van der Waals surface area contributed by atoms with Crippen molar-refractivity contribution in [3.8, 4) is 0 Å². The summed E-state index contributed by atoms with van der Waals surface area (Å²) in [4.78, 5) is 18.5. The maximum Gasteiger partial charge on any atom is 0.156 e. The van der Waals surface area contributed by atoms with Crippen molar-refractivity contribution in [2.24, 2.45) is 5.92 Å². The van der Waals surface area contributed by atoms with Gasteiger partial charge < -0.3 is 10.1 Å². The number of carbonyl (C=O) groups is 1. The number of ether oxygens (including phenoxy) is 1. The molecular weight excluding hydrogens is 254 g/mol. The Kier molecular flexibility index (Phi) is 6.60. The molecule has 6 heteroatoms. The van der Waals surface area contributed by atoms with Gasteiger partial charge in [-0.25, -0.2) is 9.97 Å². The zero-order valence-corrected chi connectivity index (χ0v) is 11.4. The fraction of sp³-hybridized carbons (Fsp3) is 0.583. The van der Waals surface area contributed by atoms with Crippen LogP contribution in [0.15, 0.2) is 6.33 Å². The van der Waals surface area contributed by atoms with Crippen molar-refractivity contribution in [3.63, 3.8) is 0 Å². The maximum atomic E-state index is 10.8. The van der Waals surface area contributed by atoms with Crippen molar-refractivity contribution in [1.82, 2.24) is 9.97 Å². The molecule has 1 aromatic rings. The number of rotatable bonds is 8. The highest BCUT2D eigenvalue weighted by atomic mass is 35.5. The van der Waals surface area contributed by atoms with Crippen molar-refractivity contribution in [3.05, 3.63) is 17.0 Å². The Morgan fingerprint density at radius 2 is 2.22 bits per heavy atom. The van der Waals surface area contributed by atoms with Crippen molar-refractivity contribution < 1.29 is 9.53 Å². The van der Waals surface area contributed by atoms with E-state index in [9.17, 15) is 4.79 Å². The second-order valence-electron chi connectivity index (χ2n) is 4.27. The third-order valence-corrected chi connectivity index (χ3v) is 2.63. The van der Waals surface area contributed by atoms with E-state index >= 15 is 0 Å². The largest absolute Gasteiger partial charge is 0.380 e. The molecule has 0 aliphatic carbocycles. The summed E-state index contributed by atoms with van der Waals surface area (Å²) in [5.41, 5.74) is 0.279. The van der Waals surface area contributed by atoms with Crippen LogP contribution < -0.4 is 5.32 Å². The number of halogens is 1. The van der Waals surface area contributed by atoms with Gasteiger partial charge in [0, 0.05) is 13.2 Å². The fourth-order valence-corrected chi connectivity index (χ4v) is 1.46. The van der Waals surface area contributed by atoms with Crippen LogP contribution in [0.5, 0.6) is 0 Å². The lowest BCUT2D eigenvalue weighted by molar-refractivity contribution is 0.112. The van der Waals surface area contributed by atoms with Crippen LogP contribution in [0.3, 0.4) is 0 Å². The molecule has 0 unspecified atom stereocenters. The third kappa shape index (κ3) is 4.98. The minimum atomic E-state index is 0.156. The normalized spacial score (nSPS) is 10.7. The quantitative estimate of drug-likeness (QED) is 0.447. The van der Waals surface area contributed by atoms with Gasteiger partial charge in [-0.2, -0.15) is 0 Å². The zero-order valence-electron chi connectivity index (χ0n) is 10.6. The number of hydrogen-bond donors (Lipinski definition) is 1. The molecule has 0 atom stereocenters. The third-order valence-electron chi connectivity index (χ3n) is 2.33. The molecule has 1 N–H and O–H groups in total. The summed E-state index contributed by atoms with van der Waals surface area (Å²) in [6, 6.07) is 0. The van der Waals surface area contributed by atoms with Crippen molar-refractivity contribution in [2.75, 3.05) is 25.1 Å². The zero-order chi connectivity index (χ0) is 13.4. The number of nitrogens with one attached hydrogen (secondary N) is 1. The summed E-state index contributed by atoms with van der Waals surface area (Å²) in [5.74, 6) is 1.08. The molecule has 0 aliphatic heterocycles. The molecule has 0 fully saturated rings. The van der Waals surface area contributed by atoms with Gasteiger partial charge in [0.25, 0.3) is 0 Å². The fourth-order valence-electron chi connectivity index (χ4n) is 1.28. The van der Waals surface area contributed by atoms with Crippen LogP contribution in [-0.4, -0.2) is 36.0 Å². The smallest absolute Gasteiger partial charge is 0.156 e. The van der Waals surface area contributed by atoms with Gasteiger partial charge in [0.1, 0.15) is 17.3 Å². The summed E-state index contributed by atoms with van der Waals surface area (Å²) in [6.07, 6.45) is 3.00. The molecule has 0 saturated carbocycles. The van der Waals surface area contributed by atoms with Crippen LogP contribution >= 0.6 is 11.6 Å². The highest BCUT2D eigenvalue weighted by molar-refractivity contribution is 6.32. The van der Waals surface area contributed by atoms with Crippen LogP contribution in [0.2, 0.25) is 5.15 Å². The molecule has 1 aromatic heterocycles. The first-order chi connectivity index (χ1) is 8.65. The standard InChI is InChI=1S/C12H18ClN3O2/c1-9(2)3-5-18-6-4-14-12-10(7-17)11(13)15-8-16-12/h7-9H,3-6H2,1-2H3,(H,14,15,16). The van der Waals surface area contributed by atoms with Gasteiger partial charge in [0.15, 0.2) is 6.29 Å². The van der Waals surface area contributed by atoms with Crippen LogP contribution in [0.4, 0.5) is 5.82 Å². The first-order valence-corrected chi connectivity index (χ1v) is 6.30. The van der Waals surface area contributed by atoms with Gasteiger partial charge in [0.2, 0.25) is 0 Å². The second-order valence-corrected chi connectivity index (χ2v) is 4.62. The molecule has 0 saturated heterocycles. The molecule has 0 bridgehead atoms. The molecule has 0 spiro atoms. The highest BCUT2D eigenvalue weighted by Gasteiger charge is 2.07. The Morgan fingerprint density at radius 1 is 1.44 bits per heavy atom. The number of anilines is 1. The Bertz CT molecular complexity index is 386. The molecule has 1 heterocycles. The van der Waals surface area contributed by atoms with Gasteiger partial charge >= 0.3 is 0 Å². The first-order valence-electron chi connectivity index (χ1n) is 5.92. The van der Waals surface area contributed by atoms with Crippen LogP contribution in [-0.2, 0) is 4.74 Å². The average molecular weight is 272 g/mol. The number of hydrogen-bond acceptors (Lipinski definition) is 5. The summed E-state index contributed by atoms with van der Waals surface area (Å²) in [6.45, 7) is 6.19. The number of aromatic nitrogens is 2. The van der Waals surface area contributed by atoms with Crippen LogP contribution in [0.25, 0.3) is 0 Å². The summed E-state index contributed by atoms with van der Waals surface area (Å²) in [5, 5.41) is 3.16. The Labute approximate surface area is 112 Å². The summed E-state index contributed by atoms with van der Waals surface area (Å²) in [7, 11) is 0. The second kappa shape index (κ2) is 8.00. The van der Waals surface area contributed by atoms with Gasteiger partial charge in [-0.3, -0.25) is 4.79 Å². The molecule has 0 aromatic carbocycles. The molecule has 18 heavy (non-hydrogen) atoms. The molecule has 0 aliphatic rings. The molecule has 1 rings (SSSR count). The van der Waals surface area contributed by atoms with Crippen molar-refractivity contribution in [2.45, 2.75) is 20.3 Å². The van der Waals surface area contributed by atoms with Gasteiger partial charge in [0.05, 0.1) is 12.2 Å². The van der Waals surface area contributed by atoms with E-state index in [0.717, 1.165) is 13.0 Å². The summed E-state index contributed by atoms with van der Waals surface area (Å²) < 4.78 is 5.44. The molecule has 0 radical (unpaired) electrons. The number of carbonyl (C=O) groups excluding carboxylic acids is 1. The lowest BCUT2D eigenvalue weighted by Crippen LogP contribution is -2.13. The Hall–Kier alpha value is -1.20. The highest BCUT2D eigenvalue weighted by Crippen LogP contribution is 2.16. The van der Waals surface area contributed by atoms with Crippen molar-refractivity contribution >= 4 is 23.7 Å². The topological polar surface area (TPSA) is 64.1 Å². The SMILES string of the molecule is CC(C)CCOCCNc1ncnc(Cl)c1C=O. The van der Waals surface area contributed by atoms with E-state index in [1.165, 1.54) is 6.33 Å². The minimum absolute atomic E-state index is 0.156. The monoisotopic (exact) mass is 271 g/mol. The molecular formula is C12H18ClN3O2. The predicted molar refractivity (Wildman–Crippen MR) is 71.2 cm³/mol. The first kappa shape index (κ1) is 14.9. The van der Waals surface area contributed by atoms with E-state index in [4.69, 9.17) is 16.3 Å². The Balaban J connectivity index is 2.31. The van der Waals surface area contributed by atoms with Crippen LogP contribution in [0, 0.1) is 5.92 Å². The average Bonchev–Trinajstić information content (AvgIpc) is 2.33. The van der Waals surface area contributed by atoms with Crippen LogP contribution in [0.1, 0.15) is 30.6 Å². The van der Waals surface area contributed by atoms with Gasteiger partial charge in [-0.05, 0) is 12.3 Å². The molecule has 100 valence electrons. The van der Waals surface area contributed by atoms with E-state index in [2.05, 4.69) is 29.1 Å². The van der Waals surface area contributed by atoms with Crippen molar-refractivity contribution in [1.29, 1.82) is 0 Å². The van der Waals surface area contributed by atoms with E-state index in [0.29, 0.717) is 31.2 Å². The summed E-state index contributed by atoms with van der Waals surface area (Å²) >= 11 is 5.77. The predicted octanol–water partition coefficient (Wildman–Crippen LogP) is 2.42. The van der Waals surface area contributed by atoms with E-state index in [1.54, 1.807) is 0 Å². The van der Waals surface area contributed by atoms with Gasteiger partial charge in [-0.15, -0.1) is 0 Å². The number of nitrogens with zero attached hydrogens (tertiary/aromatic N) is 2. The van der Waals surface area contributed by atoms with Gasteiger partial charge in [-0.1, -0.05) is 25.4 Å². The number of aldehydes is 1.